The molecule has 4 rings (SSSR count). The maximum absolute atomic E-state index is 12.7. The second kappa shape index (κ2) is 9.36. The number of aliphatic carboxylic acids is 1. The van der Waals surface area contributed by atoms with Crippen molar-refractivity contribution in [1.29, 1.82) is 0 Å². The summed E-state index contributed by atoms with van der Waals surface area (Å²) in [5.41, 5.74) is 11.6. The van der Waals surface area contributed by atoms with Crippen LogP contribution in [0.5, 0.6) is 0 Å². The number of tetrazole rings is 1. The van der Waals surface area contributed by atoms with Crippen molar-refractivity contribution < 1.29 is 24.3 Å². The predicted molar refractivity (Wildman–Crippen MR) is 118 cm³/mol. The van der Waals surface area contributed by atoms with Crippen LogP contribution >= 0.6 is 34.9 Å². The lowest BCUT2D eigenvalue weighted by Gasteiger charge is -2.49. The van der Waals surface area contributed by atoms with Gasteiger partial charge in [-0.1, -0.05) is 11.8 Å². The van der Waals surface area contributed by atoms with E-state index in [1.807, 2.05) is 0 Å². The van der Waals surface area contributed by atoms with E-state index in [-0.39, 0.29) is 24.4 Å². The first-order valence-corrected chi connectivity index (χ1v) is 12.2. The van der Waals surface area contributed by atoms with E-state index in [1.54, 1.807) is 5.38 Å². The average Bonchev–Trinajstić information content (AvgIpc) is 3.37. The zero-order valence-corrected chi connectivity index (χ0v) is 19.2. The molecular formula is C16H17N9O5S3. The Kier molecular flexibility index (Phi) is 6.52. The van der Waals surface area contributed by atoms with Crippen molar-refractivity contribution in [2.75, 3.05) is 17.2 Å². The quantitative estimate of drug-likeness (QED) is 0.218. The van der Waals surface area contributed by atoms with E-state index in [4.69, 9.17) is 11.5 Å². The van der Waals surface area contributed by atoms with E-state index >= 15 is 0 Å². The normalized spacial score (nSPS) is 19.8. The van der Waals surface area contributed by atoms with Gasteiger partial charge < -0.3 is 21.9 Å². The molecule has 14 nitrogen and oxygen atoms in total. The van der Waals surface area contributed by atoms with Gasteiger partial charge in [0.15, 0.2) is 5.13 Å². The fourth-order valence-electron chi connectivity index (χ4n) is 3.29. The molecule has 17 heteroatoms. The summed E-state index contributed by atoms with van der Waals surface area (Å²) in [6.45, 7) is -0.212. The number of nitrogens with zero attached hydrogens (tertiary/aromatic N) is 6. The molecule has 1 fully saturated rings. The largest absolute Gasteiger partial charge is 0.477 e. The molecular weight excluding hydrogens is 494 g/mol. The number of carboxylic acids is 1. The highest BCUT2D eigenvalue weighted by Crippen LogP contribution is 2.41. The number of β-lactam (4-membered cyclic amide) rings is 1. The monoisotopic (exact) mass is 511 g/mol. The number of carbonyl (C=O) groups excluding carboxylic acids is 3. The van der Waals surface area contributed by atoms with E-state index in [1.165, 1.54) is 32.7 Å². The van der Waals surface area contributed by atoms with Crippen LogP contribution in [-0.4, -0.2) is 81.8 Å². The lowest BCUT2D eigenvalue weighted by atomic mass is 10.0. The molecule has 4 heterocycles. The maximum Gasteiger partial charge on any atom is 0.352 e. The van der Waals surface area contributed by atoms with E-state index in [9.17, 15) is 24.3 Å². The molecule has 6 N–H and O–H groups in total. The number of nitrogens with one attached hydrogen (secondary N) is 1. The average molecular weight is 512 g/mol. The molecule has 33 heavy (non-hydrogen) atoms. The first kappa shape index (κ1) is 23.0. The number of carboxylic acid groups (broad SMARTS) is 1. The highest BCUT2D eigenvalue weighted by atomic mass is 32.2. The van der Waals surface area contributed by atoms with Crippen molar-refractivity contribution in [3.8, 4) is 0 Å². The minimum atomic E-state index is -1.25. The first-order valence-electron chi connectivity index (χ1n) is 9.31. The Bertz CT molecular complexity index is 1160. The van der Waals surface area contributed by atoms with Gasteiger partial charge in [0.1, 0.15) is 23.7 Å². The number of thioether (sulfide) groups is 2. The molecule has 0 radical (unpaired) electrons. The number of aromatic nitrogens is 5. The number of fused-ring (bicyclic) bond motifs is 1. The molecule has 2 aromatic rings. The van der Waals surface area contributed by atoms with Gasteiger partial charge in [-0.25, -0.2) is 14.5 Å². The van der Waals surface area contributed by atoms with E-state index < -0.39 is 35.1 Å². The lowest BCUT2D eigenvalue weighted by molar-refractivity contribution is -0.150. The predicted octanol–water partition coefficient (Wildman–Crippen LogP) is -1.73. The summed E-state index contributed by atoms with van der Waals surface area (Å²) in [5.74, 6) is -2.26. The fourth-order valence-corrected chi connectivity index (χ4v) is 6.21. The van der Waals surface area contributed by atoms with Crippen LogP contribution in [0.1, 0.15) is 5.69 Å². The molecule has 3 amide bonds. The number of thiazole rings is 1. The number of hydrogen-bond acceptors (Lipinski definition) is 12. The minimum Gasteiger partial charge on any atom is -0.477 e. The van der Waals surface area contributed by atoms with Crippen molar-refractivity contribution >= 4 is 63.7 Å². The lowest BCUT2D eigenvalue weighted by Crippen LogP contribution is -2.70. The third-order valence-electron chi connectivity index (χ3n) is 4.66. The van der Waals surface area contributed by atoms with Gasteiger partial charge in [0.25, 0.3) is 5.91 Å². The number of nitrogen functional groups attached to an aromatic ring is 1. The number of rotatable bonds is 9. The highest BCUT2D eigenvalue weighted by Gasteiger charge is 2.54. The van der Waals surface area contributed by atoms with E-state index in [0.29, 0.717) is 27.3 Å². The van der Waals surface area contributed by atoms with Crippen molar-refractivity contribution in [2.24, 2.45) is 5.73 Å². The van der Waals surface area contributed by atoms with Gasteiger partial charge >= 0.3 is 5.97 Å². The molecule has 0 bridgehead atoms. The Hall–Kier alpha value is -3.18. The van der Waals surface area contributed by atoms with E-state index in [0.717, 1.165) is 11.8 Å². The fraction of sp³-hybridized carbons (Fsp3) is 0.375. The summed E-state index contributed by atoms with van der Waals surface area (Å²) in [6, 6.07) is -0.829. The zero-order chi connectivity index (χ0) is 23.7. The summed E-state index contributed by atoms with van der Waals surface area (Å²) in [4.78, 5) is 53.3. The number of amides is 3. The van der Waals surface area contributed by atoms with Crippen LogP contribution in [0.15, 0.2) is 21.8 Å². The summed E-state index contributed by atoms with van der Waals surface area (Å²) in [6.07, 6.45) is -0.0294. The van der Waals surface area contributed by atoms with Crippen LogP contribution in [-0.2, 0) is 32.1 Å². The number of nitrogens with two attached hydrogens (primary N) is 2. The van der Waals surface area contributed by atoms with Crippen molar-refractivity contribution in [3.05, 3.63) is 22.3 Å². The van der Waals surface area contributed by atoms with Crippen molar-refractivity contribution in [1.82, 2.24) is 35.4 Å². The molecule has 2 aliphatic heterocycles. The van der Waals surface area contributed by atoms with Crippen LogP contribution in [0.3, 0.4) is 0 Å². The molecule has 0 aliphatic carbocycles. The standard InChI is InChI=1S/C16H17N9O5S3/c17-8(26)2-24-16(21-22-23-24)33-4-6-3-31-13-10(12(28)25(13)11(6)14(29)30)20-9(27)1-7-5-32-15(18)19-7/h5,10,13H,1-4H2,(H2,17,26)(H2,18,19)(H,20,27)(H,29,30)/t10?,13-/m0/s1. The van der Waals surface area contributed by atoms with Crippen LogP contribution in [0.2, 0.25) is 0 Å². The Morgan fingerprint density at radius 2 is 2.15 bits per heavy atom. The Labute approximate surface area is 198 Å². The highest BCUT2D eigenvalue weighted by molar-refractivity contribution is 8.01. The van der Waals surface area contributed by atoms with E-state index in [2.05, 4.69) is 25.8 Å². The van der Waals surface area contributed by atoms with Gasteiger partial charge in [-0.2, -0.15) is 0 Å². The van der Waals surface area contributed by atoms with Gasteiger partial charge in [0.2, 0.25) is 17.0 Å². The van der Waals surface area contributed by atoms with Crippen LogP contribution in [0.25, 0.3) is 0 Å². The van der Waals surface area contributed by atoms with Gasteiger partial charge in [-0.3, -0.25) is 19.3 Å². The maximum atomic E-state index is 12.7. The minimum absolute atomic E-state index is 0.0294. The van der Waals surface area contributed by atoms with Gasteiger partial charge in [0, 0.05) is 16.9 Å². The third-order valence-corrected chi connectivity index (χ3v) is 7.76. The summed E-state index contributed by atoms with van der Waals surface area (Å²) in [5, 5.41) is 25.2. The summed E-state index contributed by atoms with van der Waals surface area (Å²) in [7, 11) is 0. The SMILES string of the molecule is NC(=O)Cn1nnnc1SCC1=C(C(=O)O)N2C(=O)C(NC(=O)Cc3csc(N)n3)[C@@H]2SC1. The van der Waals surface area contributed by atoms with Crippen LogP contribution in [0, 0.1) is 0 Å². The van der Waals surface area contributed by atoms with Gasteiger partial charge in [0.05, 0.1) is 12.1 Å². The molecule has 1 unspecified atom stereocenters. The molecule has 0 aromatic carbocycles. The molecule has 2 aliphatic rings. The van der Waals surface area contributed by atoms with Gasteiger partial charge in [-0.05, 0) is 16.0 Å². The molecule has 1 saturated heterocycles. The number of carbonyl (C=O) groups is 4. The zero-order valence-electron chi connectivity index (χ0n) is 16.7. The van der Waals surface area contributed by atoms with Crippen molar-refractivity contribution in [3.63, 3.8) is 0 Å². The van der Waals surface area contributed by atoms with Crippen molar-refractivity contribution in [2.45, 2.75) is 29.5 Å². The molecule has 0 spiro atoms. The molecule has 174 valence electrons. The number of hydrogen-bond donors (Lipinski definition) is 4. The second-order valence-corrected chi connectivity index (χ2v) is 9.88. The van der Waals surface area contributed by atoms with Crippen LogP contribution < -0.4 is 16.8 Å². The number of primary amides is 1. The topological polar surface area (TPSA) is 212 Å². The smallest absolute Gasteiger partial charge is 0.352 e. The second-order valence-electron chi connectivity index (χ2n) is 6.94. The Balaban J connectivity index is 1.43. The summed E-state index contributed by atoms with van der Waals surface area (Å²) < 4.78 is 1.21. The number of anilines is 1. The van der Waals surface area contributed by atoms with Gasteiger partial charge in [-0.15, -0.1) is 28.2 Å². The van der Waals surface area contributed by atoms with Crippen LogP contribution in [0.4, 0.5) is 5.13 Å². The molecule has 2 atom stereocenters. The first-order chi connectivity index (χ1) is 15.7. The molecule has 2 aromatic heterocycles. The molecule has 0 saturated carbocycles. The third kappa shape index (κ3) is 4.79. The Morgan fingerprint density at radius 3 is 2.82 bits per heavy atom. The summed E-state index contributed by atoms with van der Waals surface area (Å²) >= 11 is 3.69. The Morgan fingerprint density at radius 1 is 1.36 bits per heavy atom.